The molecule has 1 aromatic heterocycles. The fourth-order valence-electron chi connectivity index (χ4n) is 7.64. The van der Waals surface area contributed by atoms with E-state index in [0.29, 0.717) is 0 Å². The van der Waals surface area contributed by atoms with E-state index in [9.17, 15) is 0 Å². The van der Waals surface area contributed by atoms with E-state index in [2.05, 4.69) is 205 Å². The number of hydrogen-bond acceptors (Lipinski definition) is 1. The summed E-state index contributed by atoms with van der Waals surface area (Å²) >= 11 is 0. The average molecular weight is 705 g/mol. The molecule has 0 radical (unpaired) electrons. The lowest BCUT2D eigenvalue weighted by Crippen LogP contribution is -2.30. The van der Waals surface area contributed by atoms with Gasteiger partial charge in [-0.15, -0.1) is 0 Å². The molecular weight excluding hydrogens is 665 g/mol. The van der Waals surface area contributed by atoms with Crippen molar-refractivity contribution in [3.63, 3.8) is 0 Å². The number of hydrogen-bond donors (Lipinski definition) is 0. The maximum absolute atomic E-state index is 5.11. The predicted molar refractivity (Wildman–Crippen MR) is 234 cm³/mol. The van der Waals surface area contributed by atoms with Crippen molar-refractivity contribution < 1.29 is 0 Å². The third-order valence-corrected chi connectivity index (χ3v) is 10.4. The number of rotatable bonds is 7. The van der Waals surface area contributed by atoms with E-state index >= 15 is 0 Å². The summed E-state index contributed by atoms with van der Waals surface area (Å²) in [6, 6.07) is 64.7. The van der Waals surface area contributed by atoms with Crippen molar-refractivity contribution in [1.29, 1.82) is 0 Å². The van der Waals surface area contributed by atoms with Gasteiger partial charge in [-0.1, -0.05) is 183 Å². The molecule has 55 heavy (non-hydrogen) atoms. The number of benzene rings is 6. The smallest absolute Gasteiger partial charge is 0.145 e. The van der Waals surface area contributed by atoms with E-state index in [1.807, 2.05) is 12.1 Å². The molecule has 1 heterocycles. The van der Waals surface area contributed by atoms with Crippen LogP contribution in [-0.2, 0) is 0 Å². The molecule has 0 aliphatic heterocycles. The van der Waals surface area contributed by atoms with Crippen molar-refractivity contribution in [3.8, 4) is 39.3 Å². The molecule has 9 rings (SSSR count). The summed E-state index contributed by atoms with van der Waals surface area (Å²) in [6.45, 7) is 4.61. The molecule has 7 aromatic carbocycles. The Labute approximate surface area is 322 Å². The maximum atomic E-state index is 5.11. The van der Waals surface area contributed by atoms with Gasteiger partial charge in [-0.3, -0.25) is 4.57 Å². The van der Waals surface area contributed by atoms with Crippen LogP contribution in [0.25, 0.3) is 84.9 Å². The Bertz CT molecular complexity index is 2910. The second kappa shape index (κ2) is 15.1. The standard InChI is InChI=1S/C53H40N2/c1-38(27-28-39-15-4-2-5-16-39)47-24-14-19-40(35-36-48(50-23-11-10-22-49(47)50)45-34-31-41-17-8-9-18-44(41)37-45)42-29-32-43(33-30-42)53-54-51-25-12-13-26-52(51)55(53)46-20-6-3-7-21-46/h2-9,12-37H,1,10-11H2/b19-14?,28-27-,40-35?,47-24?,48-36?. The number of nitrogens with zero attached hydrogens (tertiary/aromatic N) is 2. The number of aromatic nitrogens is 2. The lowest BCUT2D eigenvalue weighted by Gasteiger charge is -2.11. The van der Waals surface area contributed by atoms with Crippen molar-refractivity contribution >= 4 is 45.6 Å². The molecule has 262 valence electrons. The van der Waals surface area contributed by atoms with Gasteiger partial charge in [-0.2, -0.15) is 0 Å². The Morgan fingerprint density at radius 3 is 1.98 bits per heavy atom. The summed E-state index contributed by atoms with van der Waals surface area (Å²) in [4.78, 5) is 5.11. The minimum Gasteiger partial charge on any atom is -0.292 e. The first kappa shape index (κ1) is 33.8. The van der Waals surface area contributed by atoms with Crippen molar-refractivity contribution in [2.45, 2.75) is 12.8 Å². The van der Waals surface area contributed by atoms with Crippen LogP contribution in [-0.4, -0.2) is 9.55 Å². The number of allylic oxidation sites excluding steroid dienone is 2. The summed E-state index contributed by atoms with van der Waals surface area (Å²) < 4.78 is 2.25. The number of fused-ring (bicyclic) bond motifs is 3. The van der Waals surface area contributed by atoms with Crippen molar-refractivity contribution in [1.82, 2.24) is 9.55 Å². The first-order chi connectivity index (χ1) is 27.2. The Kier molecular flexibility index (Phi) is 9.30. The molecule has 0 saturated carbocycles. The molecule has 0 spiro atoms. The van der Waals surface area contributed by atoms with Gasteiger partial charge in [0.05, 0.1) is 11.0 Å². The quantitative estimate of drug-likeness (QED) is 0.151. The largest absolute Gasteiger partial charge is 0.292 e. The second-order valence-electron chi connectivity index (χ2n) is 14.0. The zero-order valence-electron chi connectivity index (χ0n) is 30.6. The molecule has 0 saturated heterocycles. The van der Waals surface area contributed by atoms with E-state index < -0.39 is 0 Å². The van der Waals surface area contributed by atoms with E-state index in [0.717, 1.165) is 68.8 Å². The number of imidazole rings is 1. The molecule has 0 amide bonds. The van der Waals surface area contributed by atoms with Crippen LogP contribution in [0.3, 0.4) is 0 Å². The van der Waals surface area contributed by atoms with E-state index in [1.54, 1.807) is 0 Å². The molecule has 2 heteroatoms. The van der Waals surface area contributed by atoms with Crippen LogP contribution in [0.4, 0.5) is 0 Å². The van der Waals surface area contributed by atoms with Crippen LogP contribution in [0.1, 0.15) is 24.0 Å². The lowest BCUT2D eigenvalue weighted by molar-refractivity contribution is 1.10. The molecule has 2 nitrogen and oxygen atoms in total. The first-order valence-corrected chi connectivity index (χ1v) is 19.0. The predicted octanol–water partition coefficient (Wildman–Crippen LogP) is 12.4. The molecule has 0 N–H and O–H groups in total. The Hall–Kier alpha value is -7.03. The summed E-state index contributed by atoms with van der Waals surface area (Å²) in [5.41, 5.74) is 12.1. The van der Waals surface area contributed by atoms with Crippen molar-refractivity contribution in [3.05, 3.63) is 216 Å². The zero-order chi connectivity index (χ0) is 37.0. The Morgan fingerprint density at radius 2 is 1.16 bits per heavy atom. The fourth-order valence-corrected chi connectivity index (χ4v) is 7.64. The van der Waals surface area contributed by atoms with Gasteiger partial charge in [0.2, 0.25) is 0 Å². The maximum Gasteiger partial charge on any atom is 0.145 e. The lowest BCUT2D eigenvalue weighted by atomic mass is 9.93. The molecular formula is C53H40N2. The van der Waals surface area contributed by atoms with Gasteiger partial charge in [-0.05, 0) is 103 Å². The van der Waals surface area contributed by atoms with Gasteiger partial charge in [-0.25, -0.2) is 4.98 Å². The van der Waals surface area contributed by atoms with Crippen LogP contribution < -0.4 is 10.4 Å². The van der Waals surface area contributed by atoms with Gasteiger partial charge < -0.3 is 0 Å². The summed E-state index contributed by atoms with van der Waals surface area (Å²) in [5, 5.41) is 4.93. The highest BCUT2D eigenvalue weighted by Gasteiger charge is 2.14. The molecule has 1 aliphatic carbocycles. The van der Waals surface area contributed by atoms with Gasteiger partial charge in [0.25, 0.3) is 0 Å². The van der Waals surface area contributed by atoms with Gasteiger partial charge >= 0.3 is 0 Å². The highest BCUT2D eigenvalue weighted by molar-refractivity contribution is 5.88. The minimum absolute atomic E-state index is 0.922. The van der Waals surface area contributed by atoms with Gasteiger partial charge in [0, 0.05) is 11.3 Å². The van der Waals surface area contributed by atoms with Crippen molar-refractivity contribution in [2.24, 2.45) is 0 Å². The molecule has 0 atom stereocenters. The van der Waals surface area contributed by atoms with E-state index in [1.165, 1.54) is 32.3 Å². The third kappa shape index (κ3) is 6.94. The normalized spacial score (nSPS) is 12.1. The summed E-state index contributed by atoms with van der Waals surface area (Å²) in [5.74, 6) is 0.922. The van der Waals surface area contributed by atoms with E-state index in [-0.39, 0.29) is 0 Å². The first-order valence-electron chi connectivity index (χ1n) is 19.0. The third-order valence-electron chi connectivity index (χ3n) is 10.4. The van der Waals surface area contributed by atoms with Crippen LogP contribution in [0.15, 0.2) is 195 Å². The molecule has 0 unspecified atom stereocenters. The molecule has 8 aromatic rings. The molecule has 0 fully saturated rings. The summed E-state index contributed by atoms with van der Waals surface area (Å²) in [7, 11) is 0. The highest BCUT2D eigenvalue weighted by atomic mass is 15.1. The molecule has 1 aliphatic rings. The van der Waals surface area contributed by atoms with Gasteiger partial charge in [0.15, 0.2) is 0 Å². The van der Waals surface area contributed by atoms with Crippen LogP contribution >= 0.6 is 0 Å². The monoisotopic (exact) mass is 704 g/mol. The fraction of sp³-hybridized carbons (Fsp3) is 0.0377. The topological polar surface area (TPSA) is 17.8 Å². The second-order valence-corrected chi connectivity index (χ2v) is 14.0. The Balaban J connectivity index is 1.21. The minimum atomic E-state index is 0.922. The van der Waals surface area contributed by atoms with Crippen LogP contribution in [0.2, 0.25) is 0 Å². The highest BCUT2D eigenvalue weighted by Crippen LogP contribution is 2.31. The summed E-state index contributed by atoms with van der Waals surface area (Å²) in [6.07, 6.45) is 11.1. The van der Waals surface area contributed by atoms with Crippen molar-refractivity contribution in [2.75, 3.05) is 0 Å². The van der Waals surface area contributed by atoms with Crippen LogP contribution in [0.5, 0.6) is 0 Å². The average Bonchev–Trinajstić information content (AvgIpc) is 3.64. The van der Waals surface area contributed by atoms with Gasteiger partial charge in [0.1, 0.15) is 5.82 Å². The van der Waals surface area contributed by atoms with E-state index in [4.69, 9.17) is 4.98 Å². The Morgan fingerprint density at radius 1 is 0.527 bits per heavy atom. The molecule has 0 bridgehead atoms. The SMILES string of the molecule is C=C(/C=C\c1ccccc1)c1cccc(-c2ccc(-c3nc4ccccc4n3-c3ccccc3)cc2)ccc(-c2ccc3ccccc3c2)c2c1=CCCC=2. The number of para-hydroxylation sites is 3. The van der Waals surface area contributed by atoms with Crippen LogP contribution in [0, 0.1) is 0 Å². The zero-order valence-corrected chi connectivity index (χ0v) is 30.6.